The molecule has 9 heteroatoms. The molecule has 0 saturated carbocycles. The van der Waals surface area contributed by atoms with Gasteiger partial charge in [-0.15, -0.1) is 0 Å². The number of sulfonamides is 1. The van der Waals surface area contributed by atoms with E-state index < -0.39 is 10.0 Å². The maximum Gasteiger partial charge on any atom is 0.258 e. The van der Waals surface area contributed by atoms with Gasteiger partial charge in [-0.2, -0.15) is 4.31 Å². The summed E-state index contributed by atoms with van der Waals surface area (Å²) < 4.78 is 25.1. The molecule has 0 unspecified atom stereocenters. The number of aromatic nitrogens is 1. The molecule has 3 heterocycles. The number of fused-ring (bicyclic) bond motifs is 1. The van der Waals surface area contributed by atoms with E-state index in [-0.39, 0.29) is 17.7 Å². The number of carbonyl (C=O) groups excluding carboxylic acids is 1. The summed E-state index contributed by atoms with van der Waals surface area (Å²) in [5.41, 5.74) is 3.11. The summed E-state index contributed by atoms with van der Waals surface area (Å²) >= 11 is 6.03. The van der Waals surface area contributed by atoms with Gasteiger partial charge in [0.15, 0.2) is 0 Å². The number of pyridine rings is 1. The second-order valence-electron chi connectivity index (χ2n) is 7.00. The Morgan fingerprint density at radius 2 is 2.04 bits per heavy atom. The van der Waals surface area contributed by atoms with E-state index in [1.54, 1.807) is 36.4 Å². The Labute approximate surface area is 169 Å². The van der Waals surface area contributed by atoms with Crippen LogP contribution >= 0.6 is 11.6 Å². The molecule has 0 bridgehead atoms. The van der Waals surface area contributed by atoms with E-state index >= 15 is 0 Å². The van der Waals surface area contributed by atoms with E-state index in [0.29, 0.717) is 35.9 Å². The van der Waals surface area contributed by atoms with Gasteiger partial charge in [-0.1, -0.05) is 11.6 Å². The van der Waals surface area contributed by atoms with Gasteiger partial charge >= 0.3 is 0 Å². The number of benzene rings is 1. The Balaban J connectivity index is 1.46. The predicted molar refractivity (Wildman–Crippen MR) is 110 cm³/mol. The molecule has 2 aliphatic rings. The average Bonchev–Trinajstić information content (AvgIpc) is 2.64. The fourth-order valence-electron chi connectivity index (χ4n) is 3.53. The van der Waals surface area contributed by atoms with Crippen molar-refractivity contribution in [1.29, 1.82) is 0 Å². The molecule has 0 atom stereocenters. The molecule has 2 aromatic rings. The lowest BCUT2D eigenvalue weighted by Crippen LogP contribution is -2.57. The first-order valence-electron chi connectivity index (χ1n) is 9.17. The fraction of sp³-hybridized carbons (Fsp3) is 0.368. The number of nitrogens with zero attached hydrogens (tertiary/aromatic N) is 3. The highest BCUT2D eigenvalue weighted by Gasteiger charge is 2.34. The molecule has 0 radical (unpaired) electrons. The second-order valence-corrected chi connectivity index (χ2v) is 9.69. The lowest BCUT2D eigenvalue weighted by molar-refractivity contribution is 0.0980. The smallest absolute Gasteiger partial charge is 0.258 e. The maximum atomic E-state index is 12.9. The lowest BCUT2D eigenvalue weighted by atomic mass is 9.99. The van der Waals surface area contributed by atoms with Gasteiger partial charge in [0, 0.05) is 30.2 Å². The zero-order valence-electron chi connectivity index (χ0n) is 15.4. The molecule has 4 rings (SSSR count). The number of rotatable bonds is 5. The molecular formula is C19H21ClN4O3S. The molecule has 1 N–H and O–H groups in total. The van der Waals surface area contributed by atoms with Crippen LogP contribution in [0.4, 0.5) is 11.4 Å². The third kappa shape index (κ3) is 3.59. The van der Waals surface area contributed by atoms with Crippen LogP contribution in [0.25, 0.3) is 0 Å². The van der Waals surface area contributed by atoms with Crippen LogP contribution in [0, 0.1) is 0 Å². The summed E-state index contributed by atoms with van der Waals surface area (Å²) in [5, 5.41) is 3.93. The van der Waals surface area contributed by atoms with E-state index in [0.717, 1.165) is 17.7 Å². The minimum atomic E-state index is -3.14. The number of hydrogen-bond donors (Lipinski definition) is 1. The van der Waals surface area contributed by atoms with Crippen LogP contribution in [-0.4, -0.2) is 55.0 Å². The van der Waals surface area contributed by atoms with Crippen molar-refractivity contribution < 1.29 is 13.2 Å². The Morgan fingerprint density at radius 1 is 1.25 bits per heavy atom. The molecule has 0 spiro atoms. The van der Waals surface area contributed by atoms with Crippen molar-refractivity contribution in [3.8, 4) is 0 Å². The lowest BCUT2D eigenvalue weighted by Gasteiger charge is -2.38. The fourth-order valence-corrected chi connectivity index (χ4v) is 4.91. The van der Waals surface area contributed by atoms with Crippen molar-refractivity contribution in [2.24, 2.45) is 0 Å². The van der Waals surface area contributed by atoms with Crippen LogP contribution in [0.1, 0.15) is 22.8 Å². The van der Waals surface area contributed by atoms with E-state index in [1.165, 1.54) is 4.31 Å². The third-order valence-corrected chi connectivity index (χ3v) is 7.21. The molecule has 1 amide bonds. The van der Waals surface area contributed by atoms with Gasteiger partial charge in [-0.3, -0.25) is 9.78 Å². The molecule has 7 nitrogen and oxygen atoms in total. The zero-order valence-corrected chi connectivity index (χ0v) is 17.0. The molecule has 0 aliphatic carbocycles. The third-order valence-electron chi connectivity index (χ3n) is 5.16. The largest absolute Gasteiger partial charge is 0.378 e. The number of amides is 1. The molecule has 1 saturated heterocycles. The van der Waals surface area contributed by atoms with Gasteiger partial charge in [0.25, 0.3) is 5.91 Å². The highest BCUT2D eigenvalue weighted by atomic mass is 35.5. The summed E-state index contributed by atoms with van der Waals surface area (Å²) in [4.78, 5) is 18.8. The molecule has 2 aliphatic heterocycles. The van der Waals surface area contributed by atoms with Crippen molar-refractivity contribution in [2.75, 3.05) is 35.6 Å². The molecule has 1 aromatic carbocycles. The van der Waals surface area contributed by atoms with Gasteiger partial charge in [-0.25, -0.2) is 8.42 Å². The Morgan fingerprint density at radius 3 is 2.79 bits per heavy atom. The van der Waals surface area contributed by atoms with Crippen molar-refractivity contribution in [1.82, 2.24) is 9.29 Å². The van der Waals surface area contributed by atoms with E-state index in [9.17, 15) is 13.2 Å². The van der Waals surface area contributed by atoms with Gasteiger partial charge in [0.1, 0.15) is 0 Å². The summed E-state index contributed by atoms with van der Waals surface area (Å²) in [5.74, 6) is 0.0429. The quantitative estimate of drug-likeness (QED) is 0.803. The predicted octanol–water partition coefficient (Wildman–Crippen LogP) is 2.38. The van der Waals surface area contributed by atoms with Crippen molar-refractivity contribution in [2.45, 2.75) is 19.4 Å². The number of carbonyl (C=O) groups is 1. The minimum Gasteiger partial charge on any atom is -0.378 e. The Bertz CT molecular complexity index is 1020. The first-order chi connectivity index (χ1) is 13.4. The Hall–Kier alpha value is -2.16. The van der Waals surface area contributed by atoms with Crippen LogP contribution in [0.5, 0.6) is 0 Å². The average molecular weight is 421 g/mol. The SMILES string of the molecule is CCS(=O)(=O)N1CC(Nc2cncc(N3CCc4cc(Cl)ccc4C3=O)c2)C1. The summed E-state index contributed by atoms with van der Waals surface area (Å²) in [6.07, 6.45) is 4.08. The van der Waals surface area contributed by atoms with Crippen LogP contribution < -0.4 is 10.2 Å². The van der Waals surface area contributed by atoms with Gasteiger partial charge in [-0.05, 0) is 43.2 Å². The normalized spacial score (nSPS) is 17.9. The van der Waals surface area contributed by atoms with E-state index in [1.807, 2.05) is 12.1 Å². The van der Waals surface area contributed by atoms with Gasteiger partial charge in [0.05, 0.1) is 35.6 Å². The highest BCUT2D eigenvalue weighted by Crippen LogP contribution is 2.28. The molecule has 1 fully saturated rings. The van der Waals surface area contributed by atoms with Gasteiger partial charge in [0.2, 0.25) is 10.0 Å². The summed E-state index contributed by atoms with van der Waals surface area (Å²) in [6, 6.07) is 7.25. The highest BCUT2D eigenvalue weighted by molar-refractivity contribution is 7.89. The minimum absolute atomic E-state index is 0.0401. The molecule has 148 valence electrons. The Kier molecular flexibility index (Phi) is 5.03. The van der Waals surface area contributed by atoms with Crippen molar-refractivity contribution >= 4 is 38.9 Å². The number of hydrogen-bond acceptors (Lipinski definition) is 5. The topological polar surface area (TPSA) is 82.6 Å². The first kappa shape index (κ1) is 19.2. The van der Waals surface area contributed by atoms with Crippen molar-refractivity contribution in [3.63, 3.8) is 0 Å². The second kappa shape index (κ2) is 7.35. The van der Waals surface area contributed by atoms with Crippen molar-refractivity contribution in [3.05, 3.63) is 52.8 Å². The number of anilines is 2. The first-order valence-corrected chi connectivity index (χ1v) is 11.2. The van der Waals surface area contributed by atoms with Crippen LogP contribution in [0.2, 0.25) is 5.02 Å². The van der Waals surface area contributed by atoms with Crippen LogP contribution in [0.15, 0.2) is 36.7 Å². The van der Waals surface area contributed by atoms with Gasteiger partial charge < -0.3 is 10.2 Å². The van der Waals surface area contributed by atoms with E-state index in [2.05, 4.69) is 10.3 Å². The number of nitrogens with one attached hydrogen (secondary N) is 1. The number of halogens is 1. The van der Waals surface area contributed by atoms with E-state index in [4.69, 9.17) is 11.6 Å². The van der Waals surface area contributed by atoms with Crippen LogP contribution in [0.3, 0.4) is 0 Å². The standard InChI is InChI=1S/C19H21ClN4O3S/c1-2-28(26,27)23-11-16(12-23)22-15-8-17(10-21-9-15)24-6-5-13-7-14(20)3-4-18(13)19(24)25/h3-4,7-10,16,22H,2,5-6,11-12H2,1H3. The maximum absolute atomic E-state index is 12.9. The molecule has 28 heavy (non-hydrogen) atoms. The summed E-state index contributed by atoms with van der Waals surface area (Å²) in [7, 11) is -3.14. The summed E-state index contributed by atoms with van der Waals surface area (Å²) in [6.45, 7) is 3.09. The molecular weight excluding hydrogens is 400 g/mol. The zero-order chi connectivity index (χ0) is 19.9. The molecule has 1 aromatic heterocycles. The van der Waals surface area contributed by atoms with Crippen LogP contribution in [-0.2, 0) is 16.4 Å². The monoisotopic (exact) mass is 420 g/mol.